The molecule has 3 nitrogen and oxygen atoms in total. The first-order valence-corrected chi connectivity index (χ1v) is 6.43. The molecule has 1 heterocycles. The van der Waals surface area contributed by atoms with Gasteiger partial charge in [-0.1, -0.05) is 0 Å². The predicted molar refractivity (Wildman–Crippen MR) is 69.8 cm³/mol. The van der Waals surface area contributed by atoms with Crippen LogP contribution in [0.2, 0.25) is 0 Å². The average molecular weight is 303 g/mol. The van der Waals surface area contributed by atoms with Crippen LogP contribution in [0.25, 0.3) is 0 Å². The van der Waals surface area contributed by atoms with Crippen molar-refractivity contribution in [3.05, 3.63) is 28.5 Å². The third-order valence-corrected chi connectivity index (χ3v) is 3.40. The zero-order valence-electron chi connectivity index (χ0n) is 9.75. The Morgan fingerprint density at radius 3 is 3.12 bits per heavy atom. The molecule has 0 spiro atoms. The van der Waals surface area contributed by atoms with Crippen molar-refractivity contribution in [1.82, 2.24) is 4.90 Å². The Bertz CT molecular complexity index is 389. The highest BCUT2D eigenvalue weighted by Gasteiger charge is 2.17. The molecular weight excluding hydrogens is 287 g/mol. The highest BCUT2D eigenvalue weighted by molar-refractivity contribution is 9.10. The average Bonchev–Trinajstić information content (AvgIpc) is 2.31. The smallest absolute Gasteiger partial charge is 0.137 e. The Morgan fingerprint density at radius 2 is 2.41 bits per heavy atom. The van der Waals surface area contributed by atoms with Crippen LogP contribution < -0.4 is 5.32 Å². The minimum absolute atomic E-state index is 0.192. The van der Waals surface area contributed by atoms with E-state index in [2.05, 4.69) is 33.2 Å². The number of benzene rings is 1. The molecule has 1 fully saturated rings. The van der Waals surface area contributed by atoms with E-state index in [0.717, 1.165) is 31.9 Å². The van der Waals surface area contributed by atoms with Crippen molar-refractivity contribution >= 4 is 21.6 Å². The molecule has 1 aromatic carbocycles. The summed E-state index contributed by atoms with van der Waals surface area (Å²) in [6.45, 7) is 3.42. The number of morpholine rings is 1. The van der Waals surface area contributed by atoms with Crippen LogP contribution in [0.15, 0.2) is 22.7 Å². The van der Waals surface area contributed by atoms with Gasteiger partial charge in [-0.2, -0.15) is 0 Å². The van der Waals surface area contributed by atoms with Crippen LogP contribution in [0.4, 0.5) is 10.1 Å². The molecule has 5 heteroatoms. The second kappa shape index (κ2) is 5.80. The summed E-state index contributed by atoms with van der Waals surface area (Å²) in [4.78, 5) is 2.25. The lowest BCUT2D eigenvalue weighted by Gasteiger charge is -2.30. The Labute approximate surface area is 109 Å². The molecule has 0 saturated carbocycles. The largest absolute Gasteiger partial charge is 0.382 e. The van der Waals surface area contributed by atoms with Gasteiger partial charge in [0.15, 0.2) is 0 Å². The van der Waals surface area contributed by atoms with E-state index in [1.807, 2.05) is 0 Å². The number of rotatable bonds is 3. The quantitative estimate of drug-likeness (QED) is 0.927. The van der Waals surface area contributed by atoms with E-state index in [1.54, 1.807) is 12.1 Å². The molecule has 1 saturated heterocycles. The van der Waals surface area contributed by atoms with Crippen molar-refractivity contribution in [2.24, 2.45) is 0 Å². The number of anilines is 1. The van der Waals surface area contributed by atoms with E-state index in [4.69, 9.17) is 4.74 Å². The summed E-state index contributed by atoms with van der Waals surface area (Å²) in [5.41, 5.74) is 0.898. The minimum Gasteiger partial charge on any atom is -0.382 e. The SMILES string of the molecule is CN1CCOC(CNc2ccc(F)c(Br)c2)C1. The fourth-order valence-electron chi connectivity index (χ4n) is 1.83. The van der Waals surface area contributed by atoms with Crippen LogP contribution in [-0.2, 0) is 4.74 Å². The molecule has 2 rings (SSSR count). The first-order valence-electron chi connectivity index (χ1n) is 5.64. The van der Waals surface area contributed by atoms with Gasteiger partial charge in [0.25, 0.3) is 0 Å². The summed E-state index contributed by atoms with van der Waals surface area (Å²) >= 11 is 3.17. The first-order chi connectivity index (χ1) is 8.15. The lowest BCUT2D eigenvalue weighted by Crippen LogP contribution is -2.43. The zero-order chi connectivity index (χ0) is 12.3. The van der Waals surface area contributed by atoms with Crippen molar-refractivity contribution in [3.8, 4) is 0 Å². The van der Waals surface area contributed by atoms with Gasteiger partial charge >= 0.3 is 0 Å². The van der Waals surface area contributed by atoms with Crippen LogP contribution in [0.3, 0.4) is 0 Å². The number of ether oxygens (including phenoxy) is 1. The van der Waals surface area contributed by atoms with Gasteiger partial charge in [-0.15, -0.1) is 0 Å². The van der Waals surface area contributed by atoms with E-state index >= 15 is 0 Å². The van der Waals surface area contributed by atoms with Crippen molar-refractivity contribution in [3.63, 3.8) is 0 Å². The lowest BCUT2D eigenvalue weighted by molar-refractivity contribution is -0.0117. The topological polar surface area (TPSA) is 24.5 Å². The second-order valence-electron chi connectivity index (χ2n) is 4.26. The van der Waals surface area contributed by atoms with E-state index < -0.39 is 0 Å². The van der Waals surface area contributed by atoms with Gasteiger partial charge in [0.1, 0.15) is 5.82 Å². The molecule has 1 aliphatic heterocycles. The van der Waals surface area contributed by atoms with Gasteiger partial charge in [-0.3, -0.25) is 0 Å². The Morgan fingerprint density at radius 1 is 1.59 bits per heavy atom. The van der Waals surface area contributed by atoms with Gasteiger partial charge in [-0.25, -0.2) is 4.39 Å². The summed E-state index contributed by atoms with van der Waals surface area (Å²) in [7, 11) is 2.09. The molecular formula is C12H16BrFN2O. The van der Waals surface area contributed by atoms with Crippen LogP contribution in [0.1, 0.15) is 0 Å². The summed E-state index contributed by atoms with van der Waals surface area (Å²) in [5, 5.41) is 3.25. The van der Waals surface area contributed by atoms with Crippen molar-refractivity contribution in [1.29, 1.82) is 0 Å². The fourth-order valence-corrected chi connectivity index (χ4v) is 2.21. The monoisotopic (exact) mass is 302 g/mol. The number of hydrogen-bond donors (Lipinski definition) is 1. The summed E-state index contributed by atoms with van der Waals surface area (Å²) in [5.74, 6) is -0.246. The first kappa shape index (κ1) is 12.8. The number of nitrogens with zero attached hydrogens (tertiary/aromatic N) is 1. The molecule has 0 bridgehead atoms. The Kier molecular flexibility index (Phi) is 4.36. The lowest BCUT2D eigenvalue weighted by atomic mass is 10.2. The zero-order valence-corrected chi connectivity index (χ0v) is 11.3. The molecule has 1 unspecified atom stereocenters. The number of likely N-dealkylation sites (N-methyl/N-ethyl adjacent to an activating group) is 1. The number of halogens is 2. The minimum atomic E-state index is -0.246. The maximum atomic E-state index is 13.0. The Hall–Kier alpha value is -0.650. The third kappa shape index (κ3) is 3.66. The van der Waals surface area contributed by atoms with Crippen molar-refractivity contribution in [2.75, 3.05) is 38.6 Å². The molecule has 0 aliphatic carbocycles. The maximum absolute atomic E-state index is 13.0. The third-order valence-electron chi connectivity index (χ3n) is 2.80. The van der Waals surface area contributed by atoms with Crippen LogP contribution in [0.5, 0.6) is 0 Å². The molecule has 17 heavy (non-hydrogen) atoms. The predicted octanol–water partition coefficient (Wildman–Crippen LogP) is 2.33. The molecule has 1 atom stereocenters. The van der Waals surface area contributed by atoms with Crippen LogP contribution in [-0.4, -0.2) is 44.3 Å². The molecule has 1 aliphatic rings. The summed E-state index contributed by atoms with van der Waals surface area (Å²) in [6, 6.07) is 4.91. The van der Waals surface area contributed by atoms with Gasteiger partial charge in [-0.05, 0) is 41.2 Å². The van der Waals surface area contributed by atoms with Crippen LogP contribution in [0, 0.1) is 5.82 Å². The van der Waals surface area contributed by atoms with E-state index in [-0.39, 0.29) is 11.9 Å². The fraction of sp³-hybridized carbons (Fsp3) is 0.500. The Balaban J connectivity index is 1.86. The summed E-state index contributed by atoms with van der Waals surface area (Å²) < 4.78 is 19.1. The molecule has 0 aromatic heterocycles. The number of hydrogen-bond acceptors (Lipinski definition) is 3. The highest BCUT2D eigenvalue weighted by atomic mass is 79.9. The van der Waals surface area contributed by atoms with Gasteiger partial charge < -0.3 is 15.0 Å². The van der Waals surface area contributed by atoms with Crippen LogP contribution >= 0.6 is 15.9 Å². The van der Waals surface area contributed by atoms with Crippen molar-refractivity contribution < 1.29 is 9.13 Å². The summed E-state index contributed by atoms with van der Waals surface area (Å²) in [6.07, 6.45) is 0.192. The highest BCUT2D eigenvalue weighted by Crippen LogP contribution is 2.20. The number of nitrogens with one attached hydrogen (secondary N) is 1. The molecule has 1 N–H and O–H groups in total. The standard InChI is InChI=1S/C12H16BrFN2O/c1-16-4-5-17-10(8-16)7-15-9-2-3-12(14)11(13)6-9/h2-3,6,10,15H,4-5,7-8H2,1H3. The normalized spacial score (nSPS) is 21.5. The van der Waals surface area contributed by atoms with Gasteiger partial charge in [0, 0.05) is 25.3 Å². The maximum Gasteiger partial charge on any atom is 0.137 e. The second-order valence-corrected chi connectivity index (χ2v) is 5.12. The molecule has 0 radical (unpaired) electrons. The van der Waals surface area contributed by atoms with Gasteiger partial charge in [0.05, 0.1) is 17.2 Å². The van der Waals surface area contributed by atoms with Crippen molar-refractivity contribution in [2.45, 2.75) is 6.10 Å². The molecule has 94 valence electrons. The van der Waals surface area contributed by atoms with Gasteiger partial charge in [0.2, 0.25) is 0 Å². The molecule has 1 aromatic rings. The molecule has 0 amide bonds. The van der Waals surface area contributed by atoms with E-state index in [0.29, 0.717) is 4.47 Å². The van der Waals surface area contributed by atoms with E-state index in [9.17, 15) is 4.39 Å². The van der Waals surface area contributed by atoms with E-state index in [1.165, 1.54) is 6.07 Å².